The Labute approximate surface area is 148 Å². The van der Waals surface area contributed by atoms with E-state index in [1.807, 2.05) is 0 Å². The van der Waals surface area contributed by atoms with Crippen molar-refractivity contribution in [2.24, 2.45) is 0 Å². The maximum absolute atomic E-state index is 12.2. The minimum atomic E-state index is -0.531. The summed E-state index contributed by atoms with van der Waals surface area (Å²) >= 11 is 0. The van der Waals surface area contributed by atoms with Crippen LogP contribution in [0.15, 0.2) is 51.7 Å². The third-order valence-electron chi connectivity index (χ3n) is 3.90. The maximum Gasteiger partial charge on any atom is 0.420 e. The molecule has 0 bridgehead atoms. The summed E-state index contributed by atoms with van der Waals surface area (Å²) in [6.45, 7) is 2.32. The number of fused-ring (bicyclic) bond motifs is 1. The Bertz CT molecular complexity index is 1010. The van der Waals surface area contributed by atoms with Crippen molar-refractivity contribution in [3.05, 3.63) is 69.7 Å². The lowest BCUT2D eigenvalue weighted by atomic mass is 10.1. The smallest absolute Gasteiger partial charge is 0.420 e. The van der Waals surface area contributed by atoms with Crippen molar-refractivity contribution in [2.45, 2.75) is 13.5 Å². The van der Waals surface area contributed by atoms with Crippen molar-refractivity contribution < 1.29 is 23.5 Å². The number of ether oxygens (including phenoxy) is 2. The van der Waals surface area contributed by atoms with Gasteiger partial charge in [-0.2, -0.15) is 0 Å². The van der Waals surface area contributed by atoms with Gasteiger partial charge in [0.05, 0.1) is 36.9 Å². The van der Waals surface area contributed by atoms with Crippen molar-refractivity contribution in [2.75, 3.05) is 13.7 Å². The average Bonchev–Trinajstić information content (AvgIpc) is 2.96. The Morgan fingerprint density at radius 1 is 1.04 bits per heavy atom. The molecule has 0 aliphatic heterocycles. The van der Waals surface area contributed by atoms with Crippen molar-refractivity contribution in [1.82, 2.24) is 4.57 Å². The standard InChI is InChI=1S/C19H17NO6/c1-3-25-18(22)13-6-4-12(5-7-13)11-20-15-9-8-14(17(21)24-2)10-16(15)26-19(20)23/h4-10H,3,11H2,1-2H3. The zero-order valence-corrected chi connectivity index (χ0v) is 14.4. The molecule has 134 valence electrons. The van der Waals surface area contributed by atoms with Gasteiger partial charge in [-0.1, -0.05) is 12.1 Å². The summed E-state index contributed by atoms with van der Waals surface area (Å²) in [7, 11) is 1.29. The lowest BCUT2D eigenvalue weighted by Crippen LogP contribution is -2.15. The summed E-state index contributed by atoms with van der Waals surface area (Å²) in [6.07, 6.45) is 0. The minimum absolute atomic E-state index is 0.270. The van der Waals surface area contributed by atoms with Gasteiger partial charge >= 0.3 is 17.7 Å². The number of carbonyl (C=O) groups is 2. The van der Waals surface area contributed by atoms with Gasteiger partial charge in [0.1, 0.15) is 0 Å². The van der Waals surface area contributed by atoms with E-state index in [2.05, 4.69) is 4.74 Å². The molecule has 7 nitrogen and oxygen atoms in total. The van der Waals surface area contributed by atoms with Gasteiger partial charge in [-0.25, -0.2) is 14.4 Å². The van der Waals surface area contributed by atoms with E-state index in [1.54, 1.807) is 43.3 Å². The molecule has 1 aromatic heterocycles. The number of hydrogen-bond acceptors (Lipinski definition) is 6. The van der Waals surface area contributed by atoms with E-state index in [0.717, 1.165) is 5.56 Å². The lowest BCUT2D eigenvalue weighted by molar-refractivity contribution is 0.0525. The molecular weight excluding hydrogens is 338 g/mol. The molecule has 3 rings (SSSR count). The van der Waals surface area contributed by atoms with Gasteiger partial charge in [0, 0.05) is 0 Å². The molecule has 0 atom stereocenters. The fourth-order valence-corrected chi connectivity index (χ4v) is 2.60. The molecule has 0 unspecified atom stereocenters. The second kappa shape index (κ2) is 7.26. The largest absolute Gasteiger partial charge is 0.465 e. The van der Waals surface area contributed by atoms with Crippen LogP contribution in [0.4, 0.5) is 0 Å². The zero-order chi connectivity index (χ0) is 18.7. The molecule has 3 aromatic rings. The van der Waals surface area contributed by atoms with Crippen LogP contribution in [0.1, 0.15) is 33.2 Å². The Kier molecular flexibility index (Phi) is 4.88. The van der Waals surface area contributed by atoms with Gasteiger partial charge < -0.3 is 13.9 Å². The van der Waals surface area contributed by atoms with Crippen LogP contribution in [0, 0.1) is 0 Å². The fraction of sp³-hybridized carbons (Fsp3) is 0.211. The molecular formula is C19H17NO6. The Hall–Kier alpha value is -3.35. The van der Waals surface area contributed by atoms with Gasteiger partial charge in [-0.05, 0) is 42.8 Å². The van der Waals surface area contributed by atoms with Crippen molar-refractivity contribution in [3.8, 4) is 0 Å². The summed E-state index contributed by atoms with van der Waals surface area (Å²) in [4.78, 5) is 35.4. The second-order valence-electron chi connectivity index (χ2n) is 5.55. The van der Waals surface area contributed by atoms with E-state index < -0.39 is 11.7 Å². The number of nitrogens with zero attached hydrogens (tertiary/aromatic N) is 1. The molecule has 0 radical (unpaired) electrons. The fourth-order valence-electron chi connectivity index (χ4n) is 2.60. The van der Waals surface area contributed by atoms with Crippen LogP contribution in [0.25, 0.3) is 11.1 Å². The highest BCUT2D eigenvalue weighted by Gasteiger charge is 2.14. The van der Waals surface area contributed by atoms with E-state index >= 15 is 0 Å². The molecule has 0 saturated heterocycles. The highest BCUT2D eigenvalue weighted by molar-refractivity contribution is 5.93. The van der Waals surface area contributed by atoms with Gasteiger partial charge in [-0.15, -0.1) is 0 Å². The van der Waals surface area contributed by atoms with E-state index in [4.69, 9.17) is 9.15 Å². The van der Waals surface area contributed by atoms with Crippen LogP contribution in [0.5, 0.6) is 0 Å². The number of oxazole rings is 1. The first-order valence-electron chi connectivity index (χ1n) is 8.01. The van der Waals surface area contributed by atoms with Crippen LogP contribution < -0.4 is 5.76 Å². The third kappa shape index (κ3) is 3.37. The quantitative estimate of drug-likeness (QED) is 0.654. The minimum Gasteiger partial charge on any atom is -0.465 e. The molecule has 0 spiro atoms. The van der Waals surface area contributed by atoms with Gasteiger partial charge in [0.2, 0.25) is 0 Å². The van der Waals surface area contributed by atoms with Crippen molar-refractivity contribution in [1.29, 1.82) is 0 Å². The Morgan fingerprint density at radius 2 is 1.73 bits per heavy atom. The summed E-state index contributed by atoms with van der Waals surface area (Å²) in [5.74, 6) is -1.42. The van der Waals surface area contributed by atoms with Crippen LogP contribution in [-0.2, 0) is 16.0 Å². The summed E-state index contributed by atoms with van der Waals surface area (Å²) in [6, 6.07) is 11.5. The number of hydrogen-bond donors (Lipinski definition) is 0. The second-order valence-corrected chi connectivity index (χ2v) is 5.55. The number of esters is 2. The van der Waals surface area contributed by atoms with Gasteiger partial charge in [-0.3, -0.25) is 4.57 Å². The topological polar surface area (TPSA) is 87.7 Å². The number of aromatic nitrogens is 1. The molecule has 2 aromatic carbocycles. The van der Waals surface area contributed by atoms with Gasteiger partial charge in [0.25, 0.3) is 0 Å². The number of rotatable bonds is 5. The molecule has 0 N–H and O–H groups in total. The van der Waals surface area contributed by atoms with E-state index in [1.165, 1.54) is 17.7 Å². The number of methoxy groups -OCH3 is 1. The summed E-state index contributed by atoms with van der Waals surface area (Å²) in [5, 5.41) is 0. The third-order valence-corrected chi connectivity index (χ3v) is 3.90. The molecule has 0 aliphatic carbocycles. The van der Waals surface area contributed by atoms with Crippen molar-refractivity contribution >= 4 is 23.0 Å². The average molecular weight is 355 g/mol. The first-order chi connectivity index (χ1) is 12.5. The lowest BCUT2D eigenvalue weighted by Gasteiger charge is -2.05. The molecule has 0 amide bonds. The van der Waals surface area contributed by atoms with Crippen LogP contribution in [0.2, 0.25) is 0 Å². The summed E-state index contributed by atoms with van der Waals surface area (Å²) < 4.78 is 16.3. The Morgan fingerprint density at radius 3 is 2.38 bits per heavy atom. The molecule has 26 heavy (non-hydrogen) atoms. The van der Waals surface area contributed by atoms with E-state index in [9.17, 15) is 14.4 Å². The molecule has 0 saturated carbocycles. The normalized spacial score (nSPS) is 10.7. The van der Waals surface area contributed by atoms with Crippen LogP contribution in [-0.4, -0.2) is 30.2 Å². The maximum atomic E-state index is 12.2. The van der Waals surface area contributed by atoms with Crippen LogP contribution >= 0.6 is 0 Å². The summed E-state index contributed by atoms with van der Waals surface area (Å²) in [5.41, 5.74) is 2.44. The predicted octanol–water partition coefficient (Wildman–Crippen LogP) is 2.61. The van der Waals surface area contributed by atoms with Gasteiger partial charge in [0.15, 0.2) is 5.58 Å². The number of benzene rings is 2. The van der Waals surface area contributed by atoms with E-state index in [0.29, 0.717) is 28.8 Å². The first-order valence-corrected chi connectivity index (χ1v) is 8.01. The first kappa shape index (κ1) is 17.5. The number of carbonyl (C=O) groups excluding carboxylic acids is 2. The Balaban J connectivity index is 1.89. The zero-order valence-electron chi connectivity index (χ0n) is 14.4. The molecule has 1 heterocycles. The predicted molar refractivity (Wildman–Crippen MR) is 93.3 cm³/mol. The highest BCUT2D eigenvalue weighted by atomic mass is 16.5. The molecule has 0 fully saturated rings. The molecule has 0 aliphatic rings. The van der Waals surface area contributed by atoms with E-state index in [-0.39, 0.29) is 12.5 Å². The van der Waals surface area contributed by atoms with Crippen molar-refractivity contribution in [3.63, 3.8) is 0 Å². The SMILES string of the molecule is CCOC(=O)c1ccc(Cn2c(=O)oc3cc(C(=O)OC)ccc32)cc1. The molecule has 7 heteroatoms. The monoisotopic (exact) mass is 355 g/mol. The van der Waals surface area contributed by atoms with Crippen LogP contribution in [0.3, 0.4) is 0 Å². The highest BCUT2D eigenvalue weighted by Crippen LogP contribution is 2.17.